The number of aryl methyl sites for hydroxylation is 2. The van der Waals surface area contributed by atoms with Gasteiger partial charge in [0.15, 0.2) is 5.96 Å². The van der Waals surface area contributed by atoms with Crippen molar-refractivity contribution >= 4 is 35.6 Å². The molecule has 0 unspecified atom stereocenters. The largest absolute Gasteiger partial charge is 0.381 e. The van der Waals surface area contributed by atoms with Crippen LogP contribution >= 0.6 is 24.0 Å². The lowest BCUT2D eigenvalue weighted by Crippen LogP contribution is -2.42. The molecule has 1 fully saturated rings. The minimum Gasteiger partial charge on any atom is -0.381 e. The number of methoxy groups -OCH3 is 1. The molecule has 0 bridgehead atoms. The summed E-state index contributed by atoms with van der Waals surface area (Å²) >= 11 is 0. The lowest BCUT2D eigenvalue weighted by molar-refractivity contribution is -0.0828. The third-order valence-corrected chi connectivity index (χ3v) is 3.87. The fourth-order valence-corrected chi connectivity index (χ4v) is 2.63. The summed E-state index contributed by atoms with van der Waals surface area (Å²) in [6.45, 7) is 6.11. The number of halogens is 1. The van der Waals surface area contributed by atoms with Crippen LogP contribution < -0.4 is 11.1 Å². The zero-order chi connectivity index (χ0) is 15.3. The second kappa shape index (κ2) is 8.69. The van der Waals surface area contributed by atoms with Crippen LogP contribution in [0.5, 0.6) is 0 Å². The van der Waals surface area contributed by atoms with Crippen LogP contribution in [0.25, 0.3) is 0 Å². The van der Waals surface area contributed by atoms with Gasteiger partial charge in [0.05, 0.1) is 12.1 Å². The maximum Gasteiger partial charge on any atom is 0.193 e. The van der Waals surface area contributed by atoms with Crippen LogP contribution in [-0.4, -0.2) is 38.4 Å². The van der Waals surface area contributed by atoms with Gasteiger partial charge in [0.25, 0.3) is 0 Å². The molecule has 0 aliphatic carbocycles. The smallest absolute Gasteiger partial charge is 0.193 e. The second-order valence-corrected chi connectivity index (χ2v) is 5.70. The Morgan fingerprint density at radius 2 is 1.86 bits per heavy atom. The van der Waals surface area contributed by atoms with Crippen LogP contribution in [0.3, 0.4) is 0 Å². The Morgan fingerprint density at radius 1 is 1.27 bits per heavy atom. The Bertz CT molecular complexity index is 494. The number of aliphatic imine (C=N–C) groups is 1. The van der Waals surface area contributed by atoms with Crippen molar-refractivity contribution in [3.8, 4) is 0 Å². The van der Waals surface area contributed by atoms with E-state index in [2.05, 4.69) is 42.4 Å². The van der Waals surface area contributed by atoms with Gasteiger partial charge in [-0.2, -0.15) is 0 Å². The monoisotopic (exact) mass is 419 g/mol. The molecule has 1 saturated heterocycles. The van der Waals surface area contributed by atoms with E-state index in [-0.39, 0.29) is 29.6 Å². The molecule has 0 radical (unpaired) electrons. The van der Waals surface area contributed by atoms with E-state index in [9.17, 15) is 0 Å². The molecule has 1 aromatic rings. The van der Waals surface area contributed by atoms with Crippen molar-refractivity contribution in [2.45, 2.75) is 32.3 Å². The van der Waals surface area contributed by atoms with E-state index in [4.69, 9.17) is 15.2 Å². The second-order valence-electron chi connectivity index (χ2n) is 5.70. The van der Waals surface area contributed by atoms with Gasteiger partial charge in [0.1, 0.15) is 0 Å². The molecule has 124 valence electrons. The standard InChI is InChI=1S/C16H25N3O2.HI/c1-12-8-13(2)10-14(9-12)19-15(17)18-11-16(20-3)4-6-21-7-5-16;/h8-10H,4-7,11H2,1-3H3,(H3,17,18,19);1H. The van der Waals surface area contributed by atoms with E-state index in [1.165, 1.54) is 11.1 Å². The number of guanidine groups is 1. The number of nitrogens with zero attached hydrogens (tertiary/aromatic N) is 1. The Kier molecular flexibility index (Phi) is 7.58. The molecule has 3 N–H and O–H groups in total. The molecule has 1 aromatic carbocycles. The summed E-state index contributed by atoms with van der Waals surface area (Å²) in [5.41, 5.74) is 9.11. The number of anilines is 1. The summed E-state index contributed by atoms with van der Waals surface area (Å²) < 4.78 is 11.0. The molecule has 0 amide bonds. The van der Waals surface area contributed by atoms with E-state index in [1.807, 2.05) is 0 Å². The minimum absolute atomic E-state index is 0. The molecule has 0 aromatic heterocycles. The van der Waals surface area contributed by atoms with Gasteiger partial charge in [0, 0.05) is 38.9 Å². The van der Waals surface area contributed by atoms with Crippen LogP contribution in [0.15, 0.2) is 23.2 Å². The van der Waals surface area contributed by atoms with Crippen molar-refractivity contribution in [3.63, 3.8) is 0 Å². The Hall–Kier alpha value is -0.860. The molecule has 2 rings (SSSR count). The molecule has 0 spiro atoms. The average molecular weight is 419 g/mol. The zero-order valence-corrected chi connectivity index (χ0v) is 15.8. The van der Waals surface area contributed by atoms with Crippen molar-refractivity contribution in [2.24, 2.45) is 10.7 Å². The lowest BCUT2D eigenvalue weighted by Gasteiger charge is -2.34. The number of nitrogens with one attached hydrogen (secondary N) is 1. The fraction of sp³-hybridized carbons (Fsp3) is 0.562. The first-order chi connectivity index (χ1) is 10.0. The van der Waals surface area contributed by atoms with Gasteiger partial charge < -0.3 is 20.5 Å². The van der Waals surface area contributed by atoms with Crippen LogP contribution in [0.2, 0.25) is 0 Å². The molecule has 0 saturated carbocycles. The first-order valence-corrected chi connectivity index (χ1v) is 7.31. The van der Waals surface area contributed by atoms with Crippen molar-refractivity contribution < 1.29 is 9.47 Å². The molecule has 6 heteroatoms. The number of benzene rings is 1. The first kappa shape index (κ1) is 19.2. The maximum absolute atomic E-state index is 5.99. The van der Waals surface area contributed by atoms with Gasteiger partial charge in [-0.3, -0.25) is 4.99 Å². The molecule has 0 atom stereocenters. The predicted molar refractivity (Wildman–Crippen MR) is 101 cm³/mol. The number of ether oxygens (including phenoxy) is 2. The molecular formula is C16H26IN3O2. The number of nitrogens with two attached hydrogens (primary N) is 1. The van der Waals surface area contributed by atoms with Gasteiger partial charge in [-0.1, -0.05) is 6.07 Å². The highest BCUT2D eigenvalue weighted by Gasteiger charge is 2.32. The summed E-state index contributed by atoms with van der Waals surface area (Å²) in [4.78, 5) is 4.45. The Morgan fingerprint density at radius 3 is 2.41 bits per heavy atom. The van der Waals surface area contributed by atoms with Crippen LogP contribution in [0, 0.1) is 13.8 Å². The highest BCUT2D eigenvalue weighted by Crippen LogP contribution is 2.24. The highest BCUT2D eigenvalue weighted by molar-refractivity contribution is 14.0. The maximum atomic E-state index is 5.99. The van der Waals surface area contributed by atoms with E-state index in [0.29, 0.717) is 25.7 Å². The van der Waals surface area contributed by atoms with Crippen LogP contribution in [-0.2, 0) is 9.47 Å². The third kappa shape index (κ3) is 5.40. The number of hydrogen-bond acceptors (Lipinski definition) is 3. The van der Waals surface area contributed by atoms with E-state index >= 15 is 0 Å². The van der Waals surface area contributed by atoms with E-state index < -0.39 is 0 Å². The van der Waals surface area contributed by atoms with Gasteiger partial charge in [-0.05, 0) is 37.1 Å². The Balaban J connectivity index is 0.00000242. The number of rotatable bonds is 4. The lowest BCUT2D eigenvalue weighted by atomic mass is 9.94. The molecule has 22 heavy (non-hydrogen) atoms. The topological polar surface area (TPSA) is 68.9 Å². The van der Waals surface area contributed by atoms with Crippen LogP contribution in [0.4, 0.5) is 5.69 Å². The molecule has 1 aliphatic rings. The summed E-state index contributed by atoms with van der Waals surface area (Å²) in [6, 6.07) is 6.23. The van der Waals surface area contributed by atoms with Gasteiger partial charge in [-0.25, -0.2) is 0 Å². The normalized spacial score (nSPS) is 17.7. The minimum atomic E-state index is -0.243. The van der Waals surface area contributed by atoms with Crippen molar-refractivity contribution in [1.29, 1.82) is 0 Å². The predicted octanol–water partition coefficient (Wildman–Crippen LogP) is 2.84. The van der Waals surface area contributed by atoms with Gasteiger partial charge in [-0.15, -0.1) is 24.0 Å². The summed E-state index contributed by atoms with van der Waals surface area (Å²) in [6.07, 6.45) is 1.70. The van der Waals surface area contributed by atoms with Gasteiger partial charge in [0.2, 0.25) is 0 Å². The summed E-state index contributed by atoms with van der Waals surface area (Å²) in [7, 11) is 1.73. The quantitative estimate of drug-likeness (QED) is 0.448. The summed E-state index contributed by atoms with van der Waals surface area (Å²) in [5, 5.41) is 3.15. The van der Waals surface area contributed by atoms with Crippen molar-refractivity contribution in [2.75, 3.05) is 32.2 Å². The van der Waals surface area contributed by atoms with Gasteiger partial charge >= 0.3 is 0 Å². The van der Waals surface area contributed by atoms with E-state index in [0.717, 1.165) is 18.5 Å². The highest BCUT2D eigenvalue weighted by atomic mass is 127. The zero-order valence-electron chi connectivity index (χ0n) is 13.5. The average Bonchev–Trinajstić information content (AvgIpc) is 2.45. The van der Waals surface area contributed by atoms with Crippen molar-refractivity contribution in [1.82, 2.24) is 0 Å². The first-order valence-electron chi connectivity index (χ1n) is 7.31. The molecule has 1 heterocycles. The number of hydrogen-bond donors (Lipinski definition) is 2. The third-order valence-electron chi connectivity index (χ3n) is 3.87. The fourth-order valence-electron chi connectivity index (χ4n) is 2.63. The SMILES string of the molecule is COC1(CN=C(N)Nc2cc(C)cc(C)c2)CCOCC1.I. The summed E-state index contributed by atoms with van der Waals surface area (Å²) in [5.74, 6) is 0.419. The Labute approximate surface area is 149 Å². The molecule has 5 nitrogen and oxygen atoms in total. The van der Waals surface area contributed by atoms with E-state index in [1.54, 1.807) is 7.11 Å². The molecular weight excluding hydrogens is 393 g/mol. The van der Waals surface area contributed by atoms with Crippen molar-refractivity contribution in [3.05, 3.63) is 29.3 Å². The van der Waals surface area contributed by atoms with Crippen LogP contribution in [0.1, 0.15) is 24.0 Å². The molecule has 1 aliphatic heterocycles.